The molecule has 0 aromatic heterocycles. The van der Waals surface area contributed by atoms with Crippen LogP contribution in [0.4, 0.5) is 0 Å². The molecule has 0 radical (unpaired) electrons. The van der Waals surface area contributed by atoms with E-state index in [1.165, 1.54) is 44.9 Å². The Morgan fingerprint density at radius 1 is 1.00 bits per heavy atom. The molecule has 0 spiro atoms. The number of ether oxygens (including phenoxy) is 1. The van der Waals surface area contributed by atoms with Crippen molar-refractivity contribution in [3.8, 4) is 11.5 Å². The summed E-state index contributed by atoms with van der Waals surface area (Å²) < 4.78 is 22.5. The molecule has 0 bridgehead atoms. The van der Waals surface area contributed by atoms with E-state index in [0.29, 0.717) is 11.3 Å². The number of hydrogen-bond acceptors (Lipinski definition) is 2. The van der Waals surface area contributed by atoms with E-state index >= 15 is 0 Å². The Bertz CT molecular complexity index is 716. The van der Waals surface area contributed by atoms with Crippen molar-refractivity contribution in [1.29, 1.82) is 0 Å². The Morgan fingerprint density at radius 2 is 1.59 bits per heavy atom. The summed E-state index contributed by atoms with van der Waals surface area (Å²) in [7, 11) is 0. The molecule has 0 saturated carbocycles. The zero-order valence-electron chi connectivity index (χ0n) is 21.9. The van der Waals surface area contributed by atoms with Gasteiger partial charge in [-0.2, -0.15) is 0 Å². The predicted molar refractivity (Wildman–Crippen MR) is 125 cm³/mol. The monoisotopic (exact) mass is 404 g/mol. The molecule has 1 aromatic carbocycles. The Morgan fingerprint density at radius 3 is 2.21 bits per heavy atom. The SMILES string of the molecule is [2H]c1c(C)c2c(c([2H])c1O)CC[C@@](C)(CCC[C@H](C)CCC[C@H](C)CCCC(C)C)O2. The van der Waals surface area contributed by atoms with Crippen molar-refractivity contribution in [2.75, 3.05) is 0 Å². The van der Waals surface area contributed by atoms with E-state index in [-0.39, 0.29) is 23.4 Å². The average molecular weight is 405 g/mol. The number of rotatable bonds is 12. The molecule has 2 heteroatoms. The van der Waals surface area contributed by atoms with Crippen LogP contribution in [0.25, 0.3) is 0 Å². The maximum absolute atomic E-state index is 10.0. The highest BCUT2D eigenvalue weighted by Gasteiger charge is 2.32. The smallest absolute Gasteiger partial charge is 0.126 e. The molecule has 2 rings (SSSR count). The number of aromatic hydroxyl groups is 1. The van der Waals surface area contributed by atoms with Crippen LogP contribution in [-0.2, 0) is 6.42 Å². The van der Waals surface area contributed by atoms with Gasteiger partial charge >= 0.3 is 0 Å². The topological polar surface area (TPSA) is 29.5 Å². The zero-order chi connectivity index (χ0) is 23.2. The molecule has 1 aliphatic rings. The fourth-order valence-corrected chi connectivity index (χ4v) is 4.67. The molecule has 0 aliphatic carbocycles. The highest BCUT2D eigenvalue weighted by Crippen LogP contribution is 2.40. The largest absolute Gasteiger partial charge is 0.508 e. The first-order chi connectivity index (χ1) is 14.5. The summed E-state index contributed by atoms with van der Waals surface area (Å²) >= 11 is 0. The minimum atomic E-state index is -0.238. The second-order valence-corrected chi connectivity index (χ2v) is 10.4. The normalized spacial score (nSPS) is 21.9. The summed E-state index contributed by atoms with van der Waals surface area (Å²) in [5.74, 6) is 2.88. The number of phenols is 1. The van der Waals surface area contributed by atoms with Crippen molar-refractivity contribution in [1.82, 2.24) is 0 Å². The van der Waals surface area contributed by atoms with Crippen LogP contribution < -0.4 is 4.74 Å². The van der Waals surface area contributed by atoms with Crippen molar-refractivity contribution in [2.24, 2.45) is 17.8 Å². The van der Waals surface area contributed by atoms with Gasteiger partial charge in [0.05, 0.1) is 2.74 Å². The lowest BCUT2D eigenvalue weighted by Gasteiger charge is -2.37. The number of hydrogen-bond donors (Lipinski definition) is 1. The van der Waals surface area contributed by atoms with Crippen LogP contribution in [0.2, 0.25) is 0 Å². The van der Waals surface area contributed by atoms with Crippen LogP contribution in [0.3, 0.4) is 0 Å². The van der Waals surface area contributed by atoms with Gasteiger partial charge in [-0.25, -0.2) is 0 Å². The molecule has 0 amide bonds. The molecular weight excluding hydrogens is 356 g/mol. The van der Waals surface area contributed by atoms with Crippen molar-refractivity contribution in [3.05, 3.63) is 23.2 Å². The molecule has 1 aromatic rings. The average Bonchev–Trinajstić information content (AvgIpc) is 2.70. The molecule has 166 valence electrons. The van der Waals surface area contributed by atoms with Gasteiger partial charge in [0.2, 0.25) is 0 Å². The van der Waals surface area contributed by atoms with Crippen LogP contribution >= 0.6 is 0 Å². The Balaban J connectivity index is 1.74. The highest BCUT2D eigenvalue weighted by atomic mass is 16.5. The van der Waals surface area contributed by atoms with E-state index in [9.17, 15) is 5.11 Å². The maximum atomic E-state index is 10.0. The lowest BCUT2D eigenvalue weighted by Crippen LogP contribution is -2.36. The molecule has 1 heterocycles. The standard InChI is InChI=1S/C27H46O2/c1-20(2)10-7-11-21(3)12-8-13-22(4)14-9-16-27(6)17-15-24-19-25(28)18-23(5)26(24)29-27/h18-22,28H,7-17H2,1-6H3/t21-,22-,27-/m1/s1/i18D,19D. The van der Waals surface area contributed by atoms with Crippen LogP contribution in [-0.4, -0.2) is 10.7 Å². The molecule has 0 unspecified atom stereocenters. The van der Waals surface area contributed by atoms with E-state index in [0.717, 1.165) is 49.0 Å². The van der Waals surface area contributed by atoms with E-state index in [1.807, 2.05) is 6.92 Å². The number of benzene rings is 1. The second kappa shape index (κ2) is 11.3. The van der Waals surface area contributed by atoms with Gasteiger partial charge in [0.15, 0.2) is 0 Å². The molecule has 0 fully saturated rings. The summed E-state index contributed by atoms with van der Waals surface area (Å²) in [6.07, 6.45) is 13.1. The third kappa shape index (κ3) is 8.22. The summed E-state index contributed by atoms with van der Waals surface area (Å²) in [5.41, 5.74) is 1.18. The third-order valence-corrected chi connectivity index (χ3v) is 6.72. The highest BCUT2D eigenvalue weighted by molar-refractivity contribution is 5.47. The van der Waals surface area contributed by atoms with E-state index in [2.05, 4.69) is 34.6 Å². The van der Waals surface area contributed by atoms with E-state index in [4.69, 9.17) is 7.48 Å². The van der Waals surface area contributed by atoms with Crippen LogP contribution in [0.1, 0.15) is 113 Å². The molecule has 0 saturated heterocycles. The Labute approximate surface area is 183 Å². The Hall–Kier alpha value is -1.18. The van der Waals surface area contributed by atoms with Crippen LogP contribution in [0.15, 0.2) is 12.1 Å². The first-order valence-electron chi connectivity index (χ1n) is 13.0. The van der Waals surface area contributed by atoms with Gasteiger partial charge in [-0.05, 0) is 80.5 Å². The maximum Gasteiger partial charge on any atom is 0.126 e. The van der Waals surface area contributed by atoms with Gasteiger partial charge in [0.25, 0.3) is 0 Å². The van der Waals surface area contributed by atoms with Crippen molar-refractivity contribution in [3.63, 3.8) is 0 Å². The van der Waals surface area contributed by atoms with Gasteiger partial charge in [-0.1, -0.05) is 72.6 Å². The first-order valence-corrected chi connectivity index (χ1v) is 12.0. The Kier molecular flexibility index (Phi) is 8.19. The molecular formula is C27H46O2. The molecule has 1 aliphatic heterocycles. The third-order valence-electron chi connectivity index (χ3n) is 6.72. The number of phenolic OH excluding ortho intramolecular Hbond substituents is 1. The van der Waals surface area contributed by atoms with Crippen molar-refractivity contribution < 1.29 is 12.6 Å². The first kappa shape index (κ1) is 21.1. The van der Waals surface area contributed by atoms with Gasteiger partial charge in [-0.3, -0.25) is 0 Å². The second-order valence-electron chi connectivity index (χ2n) is 10.4. The van der Waals surface area contributed by atoms with Gasteiger partial charge in [-0.15, -0.1) is 0 Å². The van der Waals surface area contributed by atoms with E-state index in [1.54, 1.807) is 0 Å². The molecule has 3 atom stereocenters. The molecule has 2 nitrogen and oxygen atoms in total. The fraction of sp³-hybridized carbons (Fsp3) is 0.778. The summed E-state index contributed by atoms with van der Waals surface area (Å²) in [6, 6.07) is 0.0970. The summed E-state index contributed by atoms with van der Waals surface area (Å²) in [6.45, 7) is 13.4. The fourth-order valence-electron chi connectivity index (χ4n) is 4.67. The number of fused-ring (bicyclic) bond motifs is 1. The van der Waals surface area contributed by atoms with E-state index < -0.39 is 0 Å². The van der Waals surface area contributed by atoms with Gasteiger partial charge in [0.1, 0.15) is 17.1 Å². The minimum Gasteiger partial charge on any atom is -0.508 e. The minimum absolute atomic E-state index is 0.0278. The predicted octanol–water partition coefficient (Wildman–Crippen LogP) is 8.22. The van der Waals surface area contributed by atoms with Crippen LogP contribution in [0.5, 0.6) is 11.5 Å². The molecule has 1 N–H and O–H groups in total. The van der Waals surface area contributed by atoms with Gasteiger partial charge in [0, 0.05) is 0 Å². The quantitative estimate of drug-likeness (QED) is 0.380. The lowest BCUT2D eigenvalue weighted by atomic mass is 9.85. The lowest BCUT2D eigenvalue weighted by molar-refractivity contribution is 0.0515. The van der Waals surface area contributed by atoms with Crippen LogP contribution in [0, 0.1) is 24.7 Å². The van der Waals surface area contributed by atoms with Gasteiger partial charge < -0.3 is 9.84 Å². The summed E-state index contributed by atoms with van der Waals surface area (Å²) in [4.78, 5) is 0. The zero-order valence-corrected chi connectivity index (χ0v) is 19.9. The van der Waals surface area contributed by atoms with Crippen molar-refractivity contribution in [2.45, 2.75) is 118 Å². The van der Waals surface area contributed by atoms with Crippen molar-refractivity contribution >= 4 is 0 Å². The summed E-state index contributed by atoms with van der Waals surface area (Å²) in [5, 5.41) is 10.0. The molecule has 29 heavy (non-hydrogen) atoms.